The first-order chi connectivity index (χ1) is 21.1. The Balaban J connectivity index is 1.17. The number of alkyl halides is 2. The van der Waals surface area contributed by atoms with Crippen LogP contribution in [0.1, 0.15) is 39.0 Å². The molecule has 1 saturated carbocycles. The molecule has 3 aliphatic heterocycles. The largest absolute Gasteiger partial charge is 0.480 e. The van der Waals surface area contributed by atoms with Crippen LogP contribution < -0.4 is 25.8 Å². The van der Waals surface area contributed by atoms with E-state index >= 15 is 8.78 Å². The highest BCUT2D eigenvalue weighted by molar-refractivity contribution is 6.33. The van der Waals surface area contributed by atoms with Gasteiger partial charge in [0.05, 0.1) is 23.4 Å². The van der Waals surface area contributed by atoms with Gasteiger partial charge in [-0.05, 0) is 61.6 Å². The highest BCUT2D eigenvalue weighted by Gasteiger charge is 2.51. The smallest absolute Gasteiger partial charge is 0.301 e. The highest BCUT2D eigenvalue weighted by Crippen LogP contribution is 2.45. The summed E-state index contributed by atoms with van der Waals surface area (Å²) < 4.78 is 36.9. The van der Waals surface area contributed by atoms with E-state index in [1.165, 1.54) is 4.57 Å². The van der Waals surface area contributed by atoms with Crippen LogP contribution in [0.15, 0.2) is 29.2 Å². The van der Waals surface area contributed by atoms with Crippen LogP contribution in [0.4, 0.5) is 31.9 Å². The van der Waals surface area contributed by atoms with Gasteiger partial charge in [0.15, 0.2) is 12.4 Å². The van der Waals surface area contributed by atoms with Gasteiger partial charge in [-0.3, -0.25) is 9.59 Å². The zero-order valence-corrected chi connectivity index (χ0v) is 25.5. The Morgan fingerprint density at radius 2 is 2.05 bits per heavy atom. The molecular formula is C31H36ClF2N7O3. The molecule has 3 fully saturated rings. The van der Waals surface area contributed by atoms with E-state index < -0.39 is 24.1 Å². The lowest BCUT2D eigenvalue weighted by molar-refractivity contribution is -0.135. The number of fused-ring (bicyclic) bond motifs is 3. The van der Waals surface area contributed by atoms with Gasteiger partial charge in [-0.25, -0.2) is 13.8 Å². The molecule has 2 N–H and O–H groups in total. The molecule has 10 nitrogen and oxygen atoms in total. The van der Waals surface area contributed by atoms with Crippen LogP contribution in [-0.4, -0.2) is 70.1 Å². The van der Waals surface area contributed by atoms with E-state index in [-0.39, 0.29) is 29.2 Å². The fourth-order valence-corrected chi connectivity index (χ4v) is 6.89. The number of hydrogen-bond donors (Lipinski definition) is 2. The van der Waals surface area contributed by atoms with Crippen LogP contribution in [-0.2, 0) is 11.8 Å². The number of aryl methyl sites for hydroxylation is 1. The molecule has 3 atom stereocenters. The van der Waals surface area contributed by atoms with Gasteiger partial charge in [-0.1, -0.05) is 18.5 Å². The third-order valence-corrected chi connectivity index (χ3v) is 9.58. The number of carbonyl (C=O) groups is 1. The SMILES string of the molecule is C[C@@H]1C[C@@H](CC(=O)N2CCC2)CN(c2ncc(Cl)c(Nc3ccc4c(c3)c3c(c(=O)n4C)OCC(F)(F)[C@H](C4CC4)N3)n2)C1. The Morgan fingerprint density at radius 1 is 1.25 bits per heavy atom. The number of pyridine rings is 1. The van der Waals surface area contributed by atoms with Crippen molar-refractivity contribution in [2.45, 2.75) is 51.0 Å². The number of rotatable bonds is 6. The molecule has 13 heteroatoms. The number of piperidine rings is 1. The number of hydrogen-bond acceptors (Lipinski definition) is 8. The van der Waals surface area contributed by atoms with Crippen molar-refractivity contribution in [1.29, 1.82) is 0 Å². The number of amides is 1. The number of likely N-dealkylation sites (tertiary alicyclic amines) is 1. The van der Waals surface area contributed by atoms with Gasteiger partial charge in [0.1, 0.15) is 5.02 Å². The zero-order chi connectivity index (χ0) is 30.7. The lowest BCUT2D eigenvalue weighted by atomic mass is 9.87. The van der Waals surface area contributed by atoms with E-state index in [2.05, 4.69) is 27.4 Å². The third-order valence-electron chi connectivity index (χ3n) is 9.31. The Labute approximate surface area is 258 Å². The quantitative estimate of drug-likeness (QED) is 0.392. The minimum Gasteiger partial charge on any atom is -0.480 e. The molecule has 4 aliphatic rings. The predicted molar refractivity (Wildman–Crippen MR) is 165 cm³/mol. The maximum atomic E-state index is 15.0. The molecule has 0 spiro atoms. The number of ether oxygens (including phenoxy) is 1. The molecule has 0 radical (unpaired) electrons. The van der Waals surface area contributed by atoms with Crippen molar-refractivity contribution in [2.24, 2.45) is 24.8 Å². The maximum absolute atomic E-state index is 15.0. The minimum atomic E-state index is -3.12. The lowest BCUT2D eigenvalue weighted by Gasteiger charge is -2.38. The highest BCUT2D eigenvalue weighted by atomic mass is 35.5. The molecule has 7 rings (SSSR count). The molecule has 5 heterocycles. The van der Waals surface area contributed by atoms with Gasteiger partial charge < -0.3 is 29.7 Å². The van der Waals surface area contributed by atoms with Crippen molar-refractivity contribution in [2.75, 3.05) is 48.3 Å². The fraction of sp³-hybridized carbons (Fsp3) is 0.548. The van der Waals surface area contributed by atoms with E-state index in [0.29, 0.717) is 65.1 Å². The molecule has 1 aliphatic carbocycles. The normalized spacial score (nSPS) is 24.5. The lowest BCUT2D eigenvalue weighted by Crippen LogP contribution is -2.46. The van der Waals surface area contributed by atoms with Gasteiger partial charge in [0, 0.05) is 50.7 Å². The van der Waals surface area contributed by atoms with E-state index in [1.807, 2.05) is 4.90 Å². The summed E-state index contributed by atoms with van der Waals surface area (Å²) in [5.74, 6) is -1.69. The van der Waals surface area contributed by atoms with Gasteiger partial charge >= 0.3 is 5.92 Å². The molecule has 0 bridgehead atoms. The Morgan fingerprint density at radius 3 is 2.77 bits per heavy atom. The standard InChI is InChI=1S/C31H36ClF2N7O3/c1-17-10-18(11-24(42)40-8-3-9-40)15-41(14-17)30-35-13-22(32)28(38-30)36-20-6-7-23-21(12-20)25-26(29(43)39(23)2)44-16-31(33,34)27(37-25)19-4-5-19/h6-7,12-13,17-19,27,37H,3-5,8-11,14-16H2,1-2H3,(H,35,36,38)/t17-,18+,27+/m1/s1. The third kappa shape index (κ3) is 5.41. The topological polar surface area (TPSA) is 105 Å². The van der Waals surface area contributed by atoms with Crippen molar-refractivity contribution in [3.63, 3.8) is 0 Å². The first-order valence-electron chi connectivity index (χ1n) is 15.3. The van der Waals surface area contributed by atoms with Crippen molar-refractivity contribution in [1.82, 2.24) is 19.4 Å². The van der Waals surface area contributed by atoms with Crippen molar-refractivity contribution < 1.29 is 18.3 Å². The van der Waals surface area contributed by atoms with E-state index in [1.54, 1.807) is 31.4 Å². The molecule has 1 aromatic carbocycles. The molecule has 0 unspecified atom stereocenters. The van der Waals surface area contributed by atoms with Crippen LogP contribution in [0.5, 0.6) is 5.75 Å². The van der Waals surface area contributed by atoms with Crippen molar-refractivity contribution in [3.05, 3.63) is 39.8 Å². The number of halogens is 3. The predicted octanol–water partition coefficient (Wildman–Crippen LogP) is 5.03. The van der Waals surface area contributed by atoms with Crippen LogP contribution >= 0.6 is 11.6 Å². The molecule has 1 amide bonds. The first kappa shape index (κ1) is 29.1. The Hall–Kier alpha value is -3.67. The van der Waals surface area contributed by atoms with E-state index in [0.717, 1.165) is 32.5 Å². The second-order valence-electron chi connectivity index (χ2n) is 12.9. The average Bonchev–Trinajstić information content (AvgIpc) is 3.79. The van der Waals surface area contributed by atoms with Crippen LogP contribution in [0.3, 0.4) is 0 Å². The van der Waals surface area contributed by atoms with Gasteiger partial charge in [-0.2, -0.15) is 4.98 Å². The number of nitrogens with zero attached hydrogens (tertiary/aromatic N) is 5. The summed E-state index contributed by atoms with van der Waals surface area (Å²) in [6, 6.07) is 4.22. The number of nitrogens with one attached hydrogen (secondary N) is 2. The average molecular weight is 628 g/mol. The van der Waals surface area contributed by atoms with Crippen LogP contribution in [0.2, 0.25) is 5.02 Å². The summed E-state index contributed by atoms with van der Waals surface area (Å²) in [4.78, 5) is 39.1. The number of anilines is 4. The summed E-state index contributed by atoms with van der Waals surface area (Å²) >= 11 is 6.54. The molecular weight excluding hydrogens is 592 g/mol. The Kier molecular flexibility index (Phi) is 7.30. The second kappa shape index (κ2) is 11.0. The zero-order valence-electron chi connectivity index (χ0n) is 24.8. The molecule has 3 aromatic rings. The number of carbonyl (C=O) groups excluding carboxylic acids is 1. The second-order valence-corrected chi connectivity index (χ2v) is 13.3. The summed E-state index contributed by atoms with van der Waals surface area (Å²) in [6.07, 6.45) is 5.54. The van der Waals surface area contributed by atoms with E-state index in [4.69, 9.17) is 21.3 Å². The molecule has 2 aromatic heterocycles. The number of benzene rings is 1. The van der Waals surface area contributed by atoms with Gasteiger partial charge in [0.2, 0.25) is 17.6 Å². The van der Waals surface area contributed by atoms with Crippen LogP contribution in [0, 0.1) is 17.8 Å². The summed E-state index contributed by atoms with van der Waals surface area (Å²) in [5.41, 5.74) is 0.981. The number of aromatic nitrogens is 3. The van der Waals surface area contributed by atoms with E-state index in [9.17, 15) is 9.59 Å². The first-order valence-corrected chi connectivity index (χ1v) is 15.7. The fourth-order valence-electron chi connectivity index (χ4n) is 6.75. The summed E-state index contributed by atoms with van der Waals surface area (Å²) in [7, 11) is 1.60. The molecule has 234 valence electrons. The summed E-state index contributed by atoms with van der Waals surface area (Å²) in [6.45, 7) is 4.47. The molecule has 2 saturated heterocycles. The van der Waals surface area contributed by atoms with Crippen molar-refractivity contribution >= 4 is 51.6 Å². The van der Waals surface area contributed by atoms with Crippen molar-refractivity contribution in [3.8, 4) is 5.75 Å². The summed E-state index contributed by atoms with van der Waals surface area (Å²) in [5, 5.41) is 7.17. The monoisotopic (exact) mass is 627 g/mol. The van der Waals surface area contributed by atoms with Gasteiger partial charge in [-0.15, -0.1) is 0 Å². The Bertz CT molecular complexity index is 1680. The minimum absolute atomic E-state index is 0.108. The van der Waals surface area contributed by atoms with Gasteiger partial charge in [0.25, 0.3) is 5.56 Å². The van der Waals surface area contributed by atoms with Crippen LogP contribution in [0.25, 0.3) is 10.9 Å². The maximum Gasteiger partial charge on any atom is 0.301 e. The molecule has 44 heavy (non-hydrogen) atoms.